The van der Waals surface area contributed by atoms with Gasteiger partial charge in [-0.15, -0.1) is 0 Å². The summed E-state index contributed by atoms with van der Waals surface area (Å²) < 4.78 is 0. The molecule has 0 atom stereocenters. The van der Waals surface area contributed by atoms with Gasteiger partial charge >= 0.3 is 0 Å². The molecule has 4 aromatic carbocycles. The van der Waals surface area contributed by atoms with Gasteiger partial charge in [-0.3, -0.25) is 9.98 Å². The Morgan fingerprint density at radius 1 is 0.350 bits per heavy atom. The van der Waals surface area contributed by atoms with E-state index in [4.69, 9.17) is 9.98 Å². The van der Waals surface area contributed by atoms with Crippen LogP contribution in [0.25, 0.3) is 21.8 Å². The first kappa shape index (κ1) is 46.4. The van der Waals surface area contributed by atoms with Crippen LogP contribution in [0.2, 0.25) is 0 Å². The Hall–Kier alpha value is -4.70. The molecule has 320 valence electrons. The fraction of sp³-hybridized carbons (Fsp3) is 0.464. The van der Waals surface area contributed by atoms with Crippen molar-refractivity contribution in [1.82, 2.24) is 9.97 Å². The van der Waals surface area contributed by atoms with Crippen LogP contribution in [0.1, 0.15) is 191 Å². The second-order valence-electron chi connectivity index (χ2n) is 19.7. The predicted octanol–water partition coefficient (Wildman–Crippen LogP) is 17.0. The summed E-state index contributed by atoms with van der Waals surface area (Å²) in [6, 6.07) is 31.4. The molecule has 60 heavy (non-hydrogen) atoms. The Bertz CT molecular complexity index is 2220. The van der Waals surface area contributed by atoms with Gasteiger partial charge in [-0.05, 0) is 128 Å². The maximum Gasteiger partial charge on any atom is 0.0667 e. The minimum atomic E-state index is 0.569. The lowest BCUT2D eigenvalue weighted by molar-refractivity contribution is 0.836. The van der Waals surface area contributed by atoms with Crippen LogP contribution < -0.4 is 0 Å². The molecule has 0 radical (unpaired) electrons. The molecule has 0 unspecified atom stereocenters. The largest absolute Gasteiger partial charge is 0.358 e. The number of hydrogen-bond donors (Lipinski definition) is 2. The molecule has 4 heteroatoms. The predicted molar refractivity (Wildman–Crippen MR) is 265 cm³/mol. The quantitative estimate of drug-likeness (QED) is 0.154. The van der Waals surface area contributed by atoms with Gasteiger partial charge in [-0.1, -0.05) is 159 Å². The highest BCUT2D eigenvalue weighted by Crippen LogP contribution is 2.33. The van der Waals surface area contributed by atoms with Crippen molar-refractivity contribution in [3.63, 3.8) is 0 Å². The van der Waals surface area contributed by atoms with Gasteiger partial charge in [-0.25, -0.2) is 0 Å². The molecule has 0 fully saturated rings. The zero-order valence-corrected chi connectivity index (χ0v) is 40.0. The van der Waals surface area contributed by atoms with Crippen LogP contribution in [0.5, 0.6) is 0 Å². The summed E-state index contributed by atoms with van der Waals surface area (Å²) in [6.07, 6.45) is 2.09. The lowest BCUT2D eigenvalue weighted by Crippen LogP contribution is -2.06. The number of nitrogens with zero attached hydrogens (tertiary/aromatic N) is 2. The monoisotopic (exact) mass is 805 g/mol. The summed E-state index contributed by atoms with van der Waals surface area (Å²) >= 11 is 0. The average Bonchev–Trinajstić information content (AvgIpc) is 4.01. The molecule has 2 N–H and O–H groups in total. The highest BCUT2D eigenvalue weighted by molar-refractivity contribution is 5.96. The summed E-state index contributed by atoms with van der Waals surface area (Å²) in [5.74, 6) is 4.65. The molecule has 0 aliphatic carbocycles. The summed E-state index contributed by atoms with van der Waals surface area (Å²) in [4.78, 5) is 16.4. The lowest BCUT2D eigenvalue weighted by atomic mass is 9.98. The standard InChI is InChI=1S/4C14H19N/c4*1-9(2)11-5-6-12-8-13(10(3)4)15-14(12)7-11/h2*5-7,9-10H,8H2,1-4H3;2*5-10,15H,1-4H3. The summed E-state index contributed by atoms with van der Waals surface area (Å²) in [7, 11) is 0. The van der Waals surface area contributed by atoms with Gasteiger partial charge in [0.25, 0.3) is 0 Å². The van der Waals surface area contributed by atoms with Gasteiger partial charge < -0.3 is 9.97 Å². The summed E-state index contributed by atoms with van der Waals surface area (Å²) in [5.41, 5.74) is 18.6. The molecule has 2 aliphatic heterocycles. The van der Waals surface area contributed by atoms with E-state index in [0.717, 1.165) is 12.8 Å². The second-order valence-corrected chi connectivity index (χ2v) is 19.7. The fourth-order valence-electron chi connectivity index (χ4n) is 7.51. The third-order valence-electron chi connectivity index (χ3n) is 12.1. The molecule has 0 amide bonds. The molecular weight excluding hydrogens is 729 g/mol. The van der Waals surface area contributed by atoms with E-state index in [2.05, 4.69) is 206 Å². The summed E-state index contributed by atoms with van der Waals surface area (Å²) in [6.45, 7) is 35.6. The second kappa shape index (κ2) is 20.2. The maximum atomic E-state index is 4.71. The van der Waals surface area contributed by atoms with Crippen molar-refractivity contribution >= 4 is 44.6 Å². The minimum absolute atomic E-state index is 0.569. The van der Waals surface area contributed by atoms with Gasteiger partial charge in [0.2, 0.25) is 0 Å². The van der Waals surface area contributed by atoms with Gasteiger partial charge in [0.15, 0.2) is 0 Å². The SMILES string of the molecule is CC(C)C1=Nc2cc(C(C)C)ccc2C1.CC(C)C1=Nc2cc(C(C)C)ccc2C1.CC(C)c1ccc2cc(C(C)C)[nH]c2c1.CC(C)c1ccc2cc(C(C)C)[nH]c2c1. The molecule has 4 heterocycles. The lowest BCUT2D eigenvalue weighted by Gasteiger charge is -2.06. The van der Waals surface area contributed by atoms with Crippen molar-refractivity contribution in [3.8, 4) is 0 Å². The maximum absolute atomic E-state index is 4.71. The van der Waals surface area contributed by atoms with Crippen LogP contribution in [0.15, 0.2) is 94.9 Å². The summed E-state index contributed by atoms with van der Waals surface area (Å²) in [5, 5.41) is 2.64. The van der Waals surface area contributed by atoms with E-state index in [0.29, 0.717) is 47.3 Å². The number of fused-ring (bicyclic) bond motifs is 4. The molecule has 0 spiro atoms. The number of hydrogen-bond acceptors (Lipinski definition) is 2. The van der Waals surface area contributed by atoms with Crippen molar-refractivity contribution in [1.29, 1.82) is 0 Å². The van der Waals surface area contributed by atoms with Crippen molar-refractivity contribution in [2.75, 3.05) is 0 Å². The van der Waals surface area contributed by atoms with Gasteiger partial charge in [-0.2, -0.15) is 0 Å². The topological polar surface area (TPSA) is 56.3 Å². The first-order chi connectivity index (χ1) is 28.3. The van der Waals surface area contributed by atoms with Crippen LogP contribution in [0, 0.1) is 11.8 Å². The van der Waals surface area contributed by atoms with Gasteiger partial charge in [0.05, 0.1) is 11.4 Å². The average molecular weight is 805 g/mol. The highest BCUT2D eigenvalue weighted by Gasteiger charge is 2.19. The van der Waals surface area contributed by atoms with Crippen LogP contribution >= 0.6 is 0 Å². The van der Waals surface area contributed by atoms with Crippen molar-refractivity contribution in [3.05, 3.63) is 130 Å². The van der Waals surface area contributed by atoms with Crippen molar-refractivity contribution in [2.24, 2.45) is 21.8 Å². The molecular formula is C56H76N4. The van der Waals surface area contributed by atoms with Crippen LogP contribution in [0.4, 0.5) is 11.4 Å². The Morgan fingerprint density at radius 3 is 0.967 bits per heavy atom. The van der Waals surface area contributed by atoms with Crippen LogP contribution in [-0.2, 0) is 12.8 Å². The van der Waals surface area contributed by atoms with Crippen molar-refractivity contribution in [2.45, 2.75) is 159 Å². The third-order valence-corrected chi connectivity index (χ3v) is 12.1. The number of H-pyrrole nitrogens is 2. The number of rotatable bonds is 8. The fourth-order valence-corrected chi connectivity index (χ4v) is 7.51. The van der Waals surface area contributed by atoms with Crippen LogP contribution in [-0.4, -0.2) is 21.4 Å². The molecule has 6 aromatic rings. The molecule has 4 nitrogen and oxygen atoms in total. The van der Waals surface area contributed by atoms with Crippen molar-refractivity contribution < 1.29 is 0 Å². The van der Waals surface area contributed by atoms with Gasteiger partial charge in [0, 0.05) is 46.7 Å². The highest BCUT2D eigenvalue weighted by atomic mass is 14.8. The number of aliphatic imine (C=N–C) groups is 2. The molecule has 8 rings (SSSR count). The zero-order chi connectivity index (χ0) is 44.0. The van der Waals surface area contributed by atoms with E-state index < -0.39 is 0 Å². The van der Waals surface area contributed by atoms with Crippen LogP contribution in [0.3, 0.4) is 0 Å². The molecule has 0 saturated heterocycles. The smallest absolute Gasteiger partial charge is 0.0667 e. The normalized spacial score (nSPS) is 13.3. The van der Waals surface area contributed by atoms with E-state index in [-0.39, 0.29) is 0 Å². The van der Waals surface area contributed by atoms with E-state index in [1.807, 2.05) is 0 Å². The number of aromatic amines is 2. The first-order valence-corrected chi connectivity index (χ1v) is 23.0. The van der Waals surface area contributed by atoms with E-state index in [1.165, 1.54) is 89.4 Å². The zero-order valence-electron chi connectivity index (χ0n) is 40.0. The van der Waals surface area contributed by atoms with E-state index >= 15 is 0 Å². The van der Waals surface area contributed by atoms with Gasteiger partial charge in [0.1, 0.15) is 0 Å². The molecule has 2 aromatic heterocycles. The van der Waals surface area contributed by atoms with E-state index in [1.54, 1.807) is 0 Å². The third kappa shape index (κ3) is 11.8. The molecule has 0 saturated carbocycles. The number of aromatic nitrogens is 2. The number of benzene rings is 4. The Morgan fingerprint density at radius 2 is 0.667 bits per heavy atom. The Kier molecular flexibility index (Phi) is 15.6. The molecule has 0 bridgehead atoms. The minimum Gasteiger partial charge on any atom is -0.358 e. The van der Waals surface area contributed by atoms with E-state index in [9.17, 15) is 0 Å². The first-order valence-electron chi connectivity index (χ1n) is 23.0. The Balaban J connectivity index is 0.000000152. The molecule has 2 aliphatic rings. The number of nitrogens with one attached hydrogen (secondary N) is 2. The Labute approximate surface area is 363 Å².